The smallest absolute Gasteiger partial charge is 0.129 e. The molecule has 0 atom stereocenters. The Morgan fingerprint density at radius 1 is 1.27 bits per heavy atom. The lowest BCUT2D eigenvalue weighted by molar-refractivity contribution is 1.31. The minimum atomic E-state index is 0.505. The quantitative estimate of drug-likeness (QED) is 0.559. The number of aromatic nitrogens is 2. The average molecular weight is 165 g/mol. The summed E-state index contributed by atoms with van der Waals surface area (Å²) in [7, 11) is 0. The molecule has 0 aliphatic heterocycles. The van der Waals surface area contributed by atoms with Gasteiger partial charge in [0.15, 0.2) is 0 Å². The van der Waals surface area contributed by atoms with Gasteiger partial charge in [0.1, 0.15) is 5.15 Å². The van der Waals surface area contributed by atoms with Crippen molar-refractivity contribution >= 4 is 22.5 Å². The molecule has 11 heavy (non-hydrogen) atoms. The molecule has 0 aromatic carbocycles. The fourth-order valence-electron chi connectivity index (χ4n) is 0.948. The fraction of sp³-hybridized carbons (Fsp3) is 0. The molecule has 2 rings (SSSR count). The first-order valence-corrected chi connectivity index (χ1v) is 3.60. The van der Waals surface area contributed by atoms with Crippen molar-refractivity contribution in [3.63, 3.8) is 0 Å². The van der Waals surface area contributed by atoms with Crippen LogP contribution in [0, 0.1) is 0 Å². The Morgan fingerprint density at radius 3 is 3.09 bits per heavy atom. The topological polar surface area (TPSA) is 25.8 Å². The van der Waals surface area contributed by atoms with E-state index >= 15 is 0 Å². The van der Waals surface area contributed by atoms with E-state index in [2.05, 4.69) is 9.97 Å². The Balaban J connectivity index is 2.83. The standard InChI is InChI=1S/C8H5ClN2/c9-8-4-6-2-1-3-10-7(6)5-11-8/h1-5H. The van der Waals surface area contributed by atoms with Crippen molar-refractivity contribution in [2.75, 3.05) is 0 Å². The van der Waals surface area contributed by atoms with Crippen LogP contribution in [-0.2, 0) is 0 Å². The van der Waals surface area contributed by atoms with Gasteiger partial charge in [-0.1, -0.05) is 17.7 Å². The first-order valence-electron chi connectivity index (χ1n) is 3.22. The predicted molar refractivity (Wildman–Crippen MR) is 44.5 cm³/mol. The van der Waals surface area contributed by atoms with E-state index in [1.54, 1.807) is 18.5 Å². The molecule has 0 aliphatic carbocycles. The third kappa shape index (κ3) is 1.17. The molecule has 0 fully saturated rings. The average Bonchev–Trinajstić information content (AvgIpc) is 2.04. The van der Waals surface area contributed by atoms with Gasteiger partial charge in [-0.25, -0.2) is 4.98 Å². The summed E-state index contributed by atoms with van der Waals surface area (Å²) in [6.45, 7) is 0. The molecule has 2 aromatic heterocycles. The lowest BCUT2D eigenvalue weighted by atomic mass is 10.3. The Morgan fingerprint density at radius 2 is 2.18 bits per heavy atom. The summed E-state index contributed by atoms with van der Waals surface area (Å²) in [6.07, 6.45) is 3.40. The first kappa shape index (κ1) is 6.55. The molecule has 2 nitrogen and oxygen atoms in total. The highest BCUT2D eigenvalue weighted by atomic mass is 35.5. The van der Waals surface area contributed by atoms with Crippen molar-refractivity contribution < 1.29 is 0 Å². The molecule has 0 bridgehead atoms. The maximum Gasteiger partial charge on any atom is 0.129 e. The summed E-state index contributed by atoms with van der Waals surface area (Å²) in [4.78, 5) is 8.01. The summed E-state index contributed by atoms with van der Waals surface area (Å²) in [5, 5.41) is 1.53. The molecule has 0 saturated heterocycles. The van der Waals surface area contributed by atoms with Crippen LogP contribution in [0.5, 0.6) is 0 Å². The van der Waals surface area contributed by atoms with E-state index in [9.17, 15) is 0 Å². The molecule has 0 spiro atoms. The van der Waals surface area contributed by atoms with Crippen LogP contribution in [0.2, 0.25) is 5.15 Å². The van der Waals surface area contributed by atoms with Crippen LogP contribution in [0.4, 0.5) is 0 Å². The number of rotatable bonds is 0. The third-order valence-electron chi connectivity index (χ3n) is 1.46. The van der Waals surface area contributed by atoms with Crippen molar-refractivity contribution in [3.05, 3.63) is 35.7 Å². The zero-order valence-electron chi connectivity index (χ0n) is 5.66. The molecule has 0 unspecified atom stereocenters. The van der Waals surface area contributed by atoms with Gasteiger partial charge in [0.2, 0.25) is 0 Å². The van der Waals surface area contributed by atoms with Gasteiger partial charge in [-0.3, -0.25) is 4.98 Å². The molecule has 3 heteroatoms. The molecule has 0 amide bonds. The van der Waals surface area contributed by atoms with Gasteiger partial charge in [0, 0.05) is 11.6 Å². The van der Waals surface area contributed by atoms with Gasteiger partial charge in [-0.05, 0) is 12.1 Å². The van der Waals surface area contributed by atoms with Crippen LogP contribution in [0.15, 0.2) is 30.6 Å². The van der Waals surface area contributed by atoms with Gasteiger partial charge in [0.05, 0.1) is 11.7 Å². The highest BCUT2D eigenvalue weighted by Crippen LogP contribution is 2.13. The minimum Gasteiger partial charge on any atom is -0.255 e. The van der Waals surface area contributed by atoms with Crippen LogP contribution in [0.25, 0.3) is 10.9 Å². The molecule has 0 saturated carbocycles. The Hall–Kier alpha value is -1.15. The predicted octanol–water partition coefficient (Wildman–Crippen LogP) is 2.28. The first-order chi connectivity index (χ1) is 5.36. The number of hydrogen-bond acceptors (Lipinski definition) is 2. The lowest BCUT2D eigenvalue weighted by Gasteiger charge is -1.93. The highest BCUT2D eigenvalue weighted by molar-refractivity contribution is 6.30. The third-order valence-corrected chi connectivity index (χ3v) is 1.66. The molecule has 0 radical (unpaired) electrons. The minimum absolute atomic E-state index is 0.505. The van der Waals surface area contributed by atoms with E-state index in [1.807, 2.05) is 12.1 Å². The maximum absolute atomic E-state index is 5.68. The fourth-order valence-corrected chi connectivity index (χ4v) is 1.11. The van der Waals surface area contributed by atoms with Gasteiger partial charge >= 0.3 is 0 Å². The number of nitrogens with zero attached hydrogens (tertiary/aromatic N) is 2. The van der Waals surface area contributed by atoms with E-state index in [-0.39, 0.29) is 0 Å². The van der Waals surface area contributed by atoms with Crippen molar-refractivity contribution in [2.24, 2.45) is 0 Å². The van der Waals surface area contributed by atoms with E-state index < -0.39 is 0 Å². The molecule has 2 heterocycles. The van der Waals surface area contributed by atoms with Crippen LogP contribution >= 0.6 is 11.6 Å². The molecule has 0 aliphatic rings. The summed E-state index contributed by atoms with van der Waals surface area (Å²) in [5.41, 5.74) is 0.872. The van der Waals surface area contributed by atoms with Crippen molar-refractivity contribution in [1.29, 1.82) is 0 Å². The van der Waals surface area contributed by atoms with E-state index in [0.717, 1.165) is 10.9 Å². The van der Waals surface area contributed by atoms with Gasteiger partial charge in [-0.15, -0.1) is 0 Å². The lowest BCUT2D eigenvalue weighted by Crippen LogP contribution is -1.79. The Bertz CT molecular complexity index is 387. The zero-order valence-corrected chi connectivity index (χ0v) is 6.42. The van der Waals surface area contributed by atoms with Crippen LogP contribution in [-0.4, -0.2) is 9.97 Å². The molecular formula is C8H5ClN2. The second-order valence-corrected chi connectivity index (χ2v) is 2.59. The number of fused-ring (bicyclic) bond motifs is 1. The SMILES string of the molecule is Clc1cc2cccnc2cn1. The van der Waals surface area contributed by atoms with E-state index in [1.165, 1.54) is 0 Å². The number of halogens is 1. The van der Waals surface area contributed by atoms with Crippen LogP contribution < -0.4 is 0 Å². The van der Waals surface area contributed by atoms with E-state index in [4.69, 9.17) is 11.6 Å². The van der Waals surface area contributed by atoms with Crippen molar-refractivity contribution in [2.45, 2.75) is 0 Å². The van der Waals surface area contributed by atoms with Gasteiger partial charge < -0.3 is 0 Å². The monoisotopic (exact) mass is 164 g/mol. The number of pyridine rings is 2. The largest absolute Gasteiger partial charge is 0.255 e. The van der Waals surface area contributed by atoms with E-state index in [0.29, 0.717) is 5.15 Å². The zero-order chi connectivity index (χ0) is 7.68. The maximum atomic E-state index is 5.68. The summed E-state index contributed by atoms with van der Waals surface area (Å²) in [6, 6.07) is 5.62. The highest BCUT2D eigenvalue weighted by Gasteiger charge is 1.93. The van der Waals surface area contributed by atoms with Crippen molar-refractivity contribution in [3.8, 4) is 0 Å². The Labute approximate surface area is 68.9 Å². The number of hydrogen-bond donors (Lipinski definition) is 0. The normalized spacial score (nSPS) is 10.3. The second-order valence-electron chi connectivity index (χ2n) is 2.20. The van der Waals surface area contributed by atoms with Crippen molar-refractivity contribution in [1.82, 2.24) is 9.97 Å². The van der Waals surface area contributed by atoms with Crippen LogP contribution in [0.1, 0.15) is 0 Å². The Kier molecular flexibility index (Phi) is 1.47. The molecular weight excluding hydrogens is 160 g/mol. The van der Waals surface area contributed by atoms with Crippen LogP contribution in [0.3, 0.4) is 0 Å². The molecule has 2 aromatic rings. The second kappa shape index (κ2) is 2.47. The molecule has 0 N–H and O–H groups in total. The summed E-state index contributed by atoms with van der Waals surface area (Å²) < 4.78 is 0. The summed E-state index contributed by atoms with van der Waals surface area (Å²) in [5.74, 6) is 0. The van der Waals surface area contributed by atoms with Gasteiger partial charge in [-0.2, -0.15) is 0 Å². The molecule has 54 valence electrons. The van der Waals surface area contributed by atoms with Gasteiger partial charge in [0.25, 0.3) is 0 Å². The summed E-state index contributed by atoms with van der Waals surface area (Å²) >= 11 is 5.68.